The molecule has 0 radical (unpaired) electrons. The van der Waals surface area contributed by atoms with Gasteiger partial charge in [0.2, 0.25) is 0 Å². The Morgan fingerprint density at radius 3 is 2.52 bits per heavy atom. The summed E-state index contributed by atoms with van der Waals surface area (Å²) in [5.41, 5.74) is 2.65. The van der Waals surface area contributed by atoms with Crippen molar-refractivity contribution in [1.82, 2.24) is 9.97 Å². The van der Waals surface area contributed by atoms with Crippen LogP contribution in [0.2, 0.25) is 0 Å². The number of anilines is 1. The molecule has 3 aromatic carbocycles. The van der Waals surface area contributed by atoms with Crippen molar-refractivity contribution in [2.75, 3.05) is 4.72 Å². The van der Waals surface area contributed by atoms with Crippen molar-refractivity contribution in [2.24, 2.45) is 0 Å². The molecule has 8 heteroatoms. The molecule has 146 valence electrons. The predicted molar refractivity (Wildman–Crippen MR) is 109 cm³/mol. The molecular weight excluding hydrogens is 393 g/mol. The first-order chi connectivity index (χ1) is 13.8. The van der Waals surface area contributed by atoms with E-state index in [4.69, 9.17) is 0 Å². The van der Waals surface area contributed by atoms with Crippen molar-refractivity contribution >= 4 is 32.5 Å². The number of carbonyl (C=O) groups excluding carboxylic acids is 1. The van der Waals surface area contributed by atoms with E-state index in [9.17, 15) is 17.6 Å². The zero-order chi connectivity index (χ0) is 20.6. The molecule has 0 aliphatic heterocycles. The molecule has 0 saturated carbocycles. The van der Waals surface area contributed by atoms with Crippen LogP contribution in [0.3, 0.4) is 0 Å². The molecule has 0 aliphatic rings. The number of sulfonamides is 1. The monoisotopic (exact) mass is 409 g/mol. The Balaban J connectivity index is 1.65. The van der Waals surface area contributed by atoms with Crippen LogP contribution in [0.25, 0.3) is 22.4 Å². The maximum Gasteiger partial charge on any atom is 0.261 e. The Morgan fingerprint density at radius 1 is 1.03 bits per heavy atom. The largest absolute Gasteiger partial charge is 0.338 e. The standard InChI is InChI=1S/C21H16FN3O3S/c1-13(26)15-3-2-4-18(11-15)29(27,28)25-17-9-10-19-20(12-17)24-21(23-19)14-5-7-16(22)8-6-14/h2-12,25H,1H3,(H,23,24). The Labute approximate surface area is 166 Å². The lowest BCUT2D eigenvalue weighted by Crippen LogP contribution is -2.13. The number of fused-ring (bicyclic) bond motifs is 1. The number of benzene rings is 3. The molecule has 4 rings (SSSR count). The number of ketones is 1. The fourth-order valence-corrected chi connectivity index (χ4v) is 4.01. The zero-order valence-electron chi connectivity index (χ0n) is 15.3. The van der Waals surface area contributed by atoms with Crippen LogP contribution in [0.4, 0.5) is 10.1 Å². The molecule has 0 fully saturated rings. The third-order valence-electron chi connectivity index (χ3n) is 4.40. The number of Topliss-reactive ketones (excluding diaryl/α,β-unsaturated/α-hetero) is 1. The number of aromatic nitrogens is 2. The van der Waals surface area contributed by atoms with Gasteiger partial charge in [0.1, 0.15) is 11.6 Å². The van der Waals surface area contributed by atoms with Crippen LogP contribution in [0.15, 0.2) is 71.6 Å². The number of halogens is 1. The minimum Gasteiger partial charge on any atom is -0.338 e. The quantitative estimate of drug-likeness (QED) is 0.479. The predicted octanol–water partition coefficient (Wildman–Crippen LogP) is 4.37. The second-order valence-electron chi connectivity index (χ2n) is 6.51. The molecule has 4 aromatic rings. The van der Waals surface area contributed by atoms with Gasteiger partial charge in [-0.3, -0.25) is 9.52 Å². The van der Waals surface area contributed by atoms with E-state index in [1.54, 1.807) is 36.4 Å². The van der Waals surface area contributed by atoms with Crippen molar-refractivity contribution in [3.05, 3.63) is 78.1 Å². The summed E-state index contributed by atoms with van der Waals surface area (Å²) in [5, 5.41) is 0. The minimum atomic E-state index is -3.87. The lowest BCUT2D eigenvalue weighted by atomic mass is 10.2. The average molecular weight is 409 g/mol. The molecule has 0 aliphatic carbocycles. The zero-order valence-corrected chi connectivity index (χ0v) is 16.1. The number of rotatable bonds is 5. The number of nitrogens with one attached hydrogen (secondary N) is 2. The van der Waals surface area contributed by atoms with Crippen LogP contribution in [-0.2, 0) is 10.0 Å². The maximum absolute atomic E-state index is 13.1. The van der Waals surface area contributed by atoms with E-state index >= 15 is 0 Å². The van der Waals surface area contributed by atoms with Gasteiger partial charge in [-0.1, -0.05) is 12.1 Å². The maximum atomic E-state index is 13.1. The number of hydrogen-bond donors (Lipinski definition) is 2. The van der Waals surface area contributed by atoms with Gasteiger partial charge in [0.05, 0.1) is 21.6 Å². The molecule has 0 bridgehead atoms. The molecule has 0 saturated heterocycles. The summed E-state index contributed by atoms with van der Waals surface area (Å²) in [6, 6.07) is 16.7. The summed E-state index contributed by atoms with van der Waals surface area (Å²) in [6.07, 6.45) is 0. The van der Waals surface area contributed by atoms with Crippen LogP contribution in [0.1, 0.15) is 17.3 Å². The third-order valence-corrected chi connectivity index (χ3v) is 5.78. The number of H-pyrrole nitrogens is 1. The first kappa shape index (κ1) is 18.8. The van der Waals surface area contributed by atoms with Gasteiger partial charge < -0.3 is 4.98 Å². The molecule has 0 atom stereocenters. The number of nitrogens with zero attached hydrogens (tertiary/aromatic N) is 1. The van der Waals surface area contributed by atoms with Crippen molar-refractivity contribution in [3.63, 3.8) is 0 Å². The topological polar surface area (TPSA) is 91.9 Å². The van der Waals surface area contributed by atoms with Gasteiger partial charge in [-0.05, 0) is 61.5 Å². The summed E-state index contributed by atoms with van der Waals surface area (Å²) in [7, 11) is -3.87. The van der Waals surface area contributed by atoms with E-state index in [-0.39, 0.29) is 16.5 Å². The second kappa shape index (κ2) is 7.14. The van der Waals surface area contributed by atoms with Gasteiger partial charge in [0.25, 0.3) is 10.0 Å². The second-order valence-corrected chi connectivity index (χ2v) is 8.20. The lowest BCUT2D eigenvalue weighted by molar-refractivity contribution is 0.101. The van der Waals surface area contributed by atoms with Crippen molar-refractivity contribution in [1.29, 1.82) is 0 Å². The molecular formula is C21H16FN3O3S. The number of carbonyl (C=O) groups is 1. The van der Waals surface area contributed by atoms with E-state index in [1.165, 1.54) is 37.3 Å². The number of aromatic amines is 1. The first-order valence-electron chi connectivity index (χ1n) is 8.71. The van der Waals surface area contributed by atoms with Gasteiger partial charge in [-0.25, -0.2) is 17.8 Å². The molecule has 6 nitrogen and oxygen atoms in total. The van der Waals surface area contributed by atoms with Gasteiger partial charge >= 0.3 is 0 Å². The van der Waals surface area contributed by atoms with E-state index in [0.717, 1.165) is 0 Å². The smallest absolute Gasteiger partial charge is 0.261 e. The summed E-state index contributed by atoms with van der Waals surface area (Å²) in [4.78, 5) is 19.1. The number of imidazole rings is 1. The fourth-order valence-electron chi connectivity index (χ4n) is 2.91. The Hall–Kier alpha value is -3.52. The highest BCUT2D eigenvalue weighted by atomic mass is 32.2. The highest BCUT2D eigenvalue weighted by Gasteiger charge is 2.16. The van der Waals surface area contributed by atoms with E-state index in [2.05, 4.69) is 14.7 Å². The van der Waals surface area contributed by atoms with Crippen LogP contribution in [-0.4, -0.2) is 24.2 Å². The van der Waals surface area contributed by atoms with Crippen LogP contribution < -0.4 is 4.72 Å². The van der Waals surface area contributed by atoms with Gasteiger partial charge in [0, 0.05) is 11.1 Å². The van der Waals surface area contributed by atoms with Crippen molar-refractivity contribution in [2.45, 2.75) is 11.8 Å². The SMILES string of the molecule is CC(=O)c1cccc(S(=O)(=O)Nc2ccc3nc(-c4ccc(F)cc4)[nH]c3c2)c1. The molecule has 1 heterocycles. The summed E-state index contributed by atoms with van der Waals surface area (Å²) >= 11 is 0. The summed E-state index contributed by atoms with van der Waals surface area (Å²) in [6.45, 7) is 1.38. The van der Waals surface area contributed by atoms with E-state index < -0.39 is 10.0 Å². The molecule has 1 aromatic heterocycles. The molecule has 29 heavy (non-hydrogen) atoms. The third kappa shape index (κ3) is 3.88. The van der Waals surface area contributed by atoms with Gasteiger partial charge in [0.15, 0.2) is 5.78 Å². The van der Waals surface area contributed by atoms with Crippen molar-refractivity contribution < 1.29 is 17.6 Å². The normalized spacial score (nSPS) is 11.5. The Morgan fingerprint density at radius 2 is 1.79 bits per heavy atom. The Bertz CT molecular complexity index is 1330. The highest BCUT2D eigenvalue weighted by Crippen LogP contribution is 2.25. The van der Waals surface area contributed by atoms with Crippen LogP contribution >= 0.6 is 0 Å². The molecule has 0 amide bonds. The van der Waals surface area contributed by atoms with Gasteiger partial charge in [-0.15, -0.1) is 0 Å². The number of hydrogen-bond acceptors (Lipinski definition) is 4. The summed E-state index contributed by atoms with van der Waals surface area (Å²) in [5.74, 6) is -0.00110. The molecule has 0 unspecified atom stereocenters. The highest BCUT2D eigenvalue weighted by molar-refractivity contribution is 7.92. The van der Waals surface area contributed by atoms with E-state index in [0.29, 0.717) is 33.7 Å². The fraction of sp³-hybridized carbons (Fsp3) is 0.0476. The first-order valence-corrected chi connectivity index (χ1v) is 10.2. The Kier molecular flexibility index (Phi) is 4.63. The van der Waals surface area contributed by atoms with Crippen molar-refractivity contribution in [3.8, 4) is 11.4 Å². The van der Waals surface area contributed by atoms with Crippen LogP contribution in [0, 0.1) is 5.82 Å². The van der Waals surface area contributed by atoms with Crippen LogP contribution in [0.5, 0.6) is 0 Å². The molecule has 0 spiro atoms. The average Bonchev–Trinajstić information content (AvgIpc) is 3.11. The van der Waals surface area contributed by atoms with Gasteiger partial charge in [-0.2, -0.15) is 0 Å². The van der Waals surface area contributed by atoms with E-state index in [1.807, 2.05) is 0 Å². The lowest BCUT2D eigenvalue weighted by Gasteiger charge is -2.09. The minimum absolute atomic E-state index is 0.00177. The summed E-state index contributed by atoms with van der Waals surface area (Å²) < 4.78 is 41.0. The molecule has 2 N–H and O–H groups in total.